The molecule has 2 aliphatic rings. The molecule has 2 aromatic heterocycles. The molecule has 4 heterocycles. The summed E-state index contributed by atoms with van der Waals surface area (Å²) in [5.74, 6) is 2.10. The Hall–Kier alpha value is -2.54. The molecule has 2 saturated heterocycles. The maximum Gasteiger partial charge on any atom is 0.223 e. The molecule has 27 heavy (non-hydrogen) atoms. The van der Waals surface area contributed by atoms with Crippen molar-refractivity contribution in [2.24, 2.45) is 5.92 Å². The maximum absolute atomic E-state index is 12.9. The second-order valence-corrected chi connectivity index (χ2v) is 7.20. The molecular weight excluding hydrogens is 342 g/mol. The number of hydrogen-bond donors (Lipinski definition) is 1. The number of aromatic nitrogens is 3. The van der Waals surface area contributed by atoms with Crippen LogP contribution in [-0.2, 0) is 9.53 Å². The first kappa shape index (κ1) is 17.9. The Labute approximate surface area is 159 Å². The van der Waals surface area contributed by atoms with Gasteiger partial charge in [-0.15, -0.1) is 0 Å². The van der Waals surface area contributed by atoms with E-state index < -0.39 is 0 Å². The fourth-order valence-corrected chi connectivity index (χ4v) is 3.94. The van der Waals surface area contributed by atoms with Crippen molar-refractivity contribution >= 4 is 17.5 Å². The summed E-state index contributed by atoms with van der Waals surface area (Å²) in [5.41, 5.74) is 1.12. The number of likely N-dealkylation sites (tertiary alicyclic amines) is 1. The molecule has 1 N–H and O–H groups in total. The molecular formula is C20H25N5O2. The third-order valence-electron chi connectivity index (χ3n) is 5.37. The van der Waals surface area contributed by atoms with Crippen molar-refractivity contribution in [3.8, 4) is 0 Å². The van der Waals surface area contributed by atoms with Crippen molar-refractivity contribution in [1.82, 2.24) is 19.9 Å². The normalized spacial score (nSPS) is 20.6. The minimum absolute atomic E-state index is 0.128. The van der Waals surface area contributed by atoms with Gasteiger partial charge in [-0.1, -0.05) is 0 Å². The van der Waals surface area contributed by atoms with E-state index in [0.717, 1.165) is 56.8 Å². The van der Waals surface area contributed by atoms with Crippen LogP contribution in [0.15, 0.2) is 36.9 Å². The van der Waals surface area contributed by atoms with Gasteiger partial charge in [-0.2, -0.15) is 0 Å². The lowest BCUT2D eigenvalue weighted by molar-refractivity contribution is -0.133. The molecule has 7 nitrogen and oxygen atoms in total. The Morgan fingerprint density at radius 2 is 2.00 bits per heavy atom. The van der Waals surface area contributed by atoms with Gasteiger partial charge in [0.2, 0.25) is 5.91 Å². The van der Waals surface area contributed by atoms with Crippen molar-refractivity contribution in [2.75, 3.05) is 25.1 Å². The summed E-state index contributed by atoms with van der Waals surface area (Å²) in [5, 5.41) is 3.18. The van der Waals surface area contributed by atoms with Crippen molar-refractivity contribution in [1.29, 1.82) is 0 Å². The Balaban J connectivity index is 1.45. The van der Waals surface area contributed by atoms with E-state index in [1.165, 1.54) is 0 Å². The molecule has 7 heteroatoms. The van der Waals surface area contributed by atoms with E-state index in [-0.39, 0.29) is 11.9 Å². The second-order valence-electron chi connectivity index (χ2n) is 7.20. The SMILES string of the molecule is O=C(CC1CCOCC1)N1CCC[C@@H]1c1ccnc(Nc2cnccn2)c1. The van der Waals surface area contributed by atoms with Crippen LogP contribution in [-0.4, -0.2) is 45.5 Å². The van der Waals surface area contributed by atoms with Gasteiger partial charge >= 0.3 is 0 Å². The Morgan fingerprint density at radius 3 is 2.81 bits per heavy atom. The van der Waals surface area contributed by atoms with Gasteiger partial charge in [-0.05, 0) is 49.3 Å². The fraction of sp³-hybridized carbons (Fsp3) is 0.500. The quantitative estimate of drug-likeness (QED) is 0.875. The van der Waals surface area contributed by atoms with E-state index in [0.29, 0.717) is 18.2 Å². The van der Waals surface area contributed by atoms with Crippen LogP contribution in [0.5, 0.6) is 0 Å². The number of ether oxygens (including phenoxy) is 1. The van der Waals surface area contributed by atoms with Gasteiger partial charge in [-0.3, -0.25) is 9.78 Å². The molecule has 142 valence electrons. The standard InChI is InChI=1S/C20H25N5O2/c26-20(12-15-4-10-27-11-5-15)25-9-1-2-17(25)16-3-6-22-18(13-16)24-19-14-21-7-8-23-19/h3,6-8,13-15,17H,1-2,4-5,9-12H2,(H,22,23,24)/t17-/m1/s1. The van der Waals surface area contributed by atoms with Gasteiger partial charge in [0.25, 0.3) is 0 Å². The average Bonchev–Trinajstić information content (AvgIpc) is 3.20. The zero-order valence-corrected chi connectivity index (χ0v) is 15.4. The van der Waals surface area contributed by atoms with Crippen molar-refractivity contribution in [2.45, 2.75) is 38.1 Å². The molecule has 2 fully saturated rings. The highest BCUT2D eigenvalue weighted by molar-refractivity contribution is 5.77. The van der Waals surface area contributed by atoms with Crippen LogP contribution >= 0.6 is 0 Å². The zero-order valence-electron chi connectivity index (χ0n) is 15.4. The minimum Gasteiger partial charge on any atom is -0.381 e. The first-order valence-corrected chi connectivity index (χ1v) is 9.66. The van der Waals surface area contributed by atoms with Crippen molar-refractivity contribution in [3.63, 3.8) is 0 Å². The number of rotatable bonds is 5. The summed E-state index contributed by atoms with van der Waals surface area (Å²) < 4.78 is 5.41. The number of pyridine rings is 1. The van der Waals surface area contributed by atoms with Gasteiger partial charge in [-0.25, -0.2) is 9.97 Å². The van der Waals surface area contributed by atoms with Gasteiger partial charge in [0.15, 0.2) is 0 Å². The third-order valence-corrected chi connectivity index (χ3v) is 5.37. The Morgan fingerprint density at radius 1 is 1.15 bits per heavy atom. The van der Waals surface area contributed by atoms with Crippen LogP contribution in [0.1, 0.15) is 43.7 Å². The summed E-state index contributed by atoms with van der Waals surface area (Å²) in [6.07, 6.45) is 11.4. The van der Waals surface area contributed by atoms with Gasteiger partial charge < -0.3 is 15.0 Å². The number of carbonyl (C=O) groups excluding carboxylic acids is 1. The van der Waals surface area contributed by atoms with Crippen LogP contribution in [0.2, 0.25) is 0 Å². The maximum atomic E-state index is 12.9. The van der Waals surface area contributed by atoms with Crippen LogP contribution in [0, 0.1) is 5.92 Å². The molecule has 4 rings (SSSR count). The predicted octanol–water partition coefficient (Wildman–Crippen LogP) is 3.10. The van der Waals surface area contributed by atoms with E-state index in [9.17, 15) is 4.79 Å². The number of anilines is 2. The number of hydrogen-bond acceptors (Lipinski definition) is 6. The van der Waals surface area contributed by atoms with Gasteiger partial charge in [0, 0.05) is 44.8 Å². The summed E-state index contributed by atoms with van der Waals surface area (Å²) in [6.45, 7) is 2.40. The lowest BCUT2D eigenvalue weighted by Gasteiger charge is -2.28. The number of carbonyl (C=O) groups is 1. The first-order chi connectivity index (χ1) is 13.3. The highest BCUT2D eigenvalue weighted by Gasteiger charge is 2.31. The van der Waals surface area contributed by atoms with Crippen molar-refractivity contribution in [3.05, 3.63) is 42.5 Å². The molecule has 1 amide bonds. The van der Waals surface area contributed by atoms with E-state index in [1.54, 1.807) is 24.8 Å². The second kappa shape index (κ2) is 8.43. The van der Waals surface area contributed by atoms with E-state index in [2.05, 4.69) is 25.2 Å². The smallest absolute Gasteiger partial charge is 0.223 e. The average molecular weight is 367 g/mol. The lowest BCUT2D eigenvalue weighted by Crippen LogP contribution is -2.33. The Bertz CT molecular complexity index is 764. The molecule has 0 bridgehead atoms. The van der Waals surface area contributed by atoms with Crippen molar-refractivity contribution < 1.29 is 9.53 Å². The summed E-state index contributed by atoms with van der Waals surface area (Å²) in [4.78, 5) is 27.6. The van der Waals surface area contributed by atoms with E-state index in [4.69, 9.17) is 4.74 Å². The number of amides is 1. The van der Waals surface area contributed by atoms with Gasteiger partial charge in [0.1, 0.15) is 11.6 Å². The molecule has 1 atom stereocenters. The van der Waals surface area contributed by atoms with Crippen LogP contribution in [0.4, 0.5) is 11.6 Å². The summed E-state index contributed by atoms with van der Waals surface area (Å²) in [6, 6.07) is 4.15. The number of nitrogens with zero attached hydrogens (tertiary/aromatic N) is 4. The van der Waals surface area contributed by atoms with Crippen LogP contribution < -0.4 is 5.32 Å². The molecule has 0 aromatic carbocycles. The molecule has 2 aromatic rings. The summed E-state index contributed by atoms with van der Waals surface area (Å²) in [7, 11) is 0. The van der Waals surface area contributed by atoms with E-state index >= 15 is 0 Å². The molecule has 2 aliphatic heterocycles. The minimum atomic E-state index is 0.128. The first-order valence-electron chi connectivity index (χ1n) is 9.66. The third kappa shape index (κ3) is 4.42. The molecule has 0 radical (unpaired) electrons. The highest BCUT2D eigenvalue weighted by Crippen LogP contribution is 2.34. The summed E-state index contributed by atoms with van der Waals surface area (Å²) >= 11 is 0. The molecule has 0 unspecified atom stereocenters. The zero-order chi connectivity index (χ0) is 18.5. The highest BCUT2D eigenvalue weighted by atomic mass is 16.5. The van der Waals surface area contributed by atoms with E-state index in [1.807, 2.05) is 12.1 Å². The Kier molecular flexibility index (Phi) is 5.58. The topological polar surface area (TPSA) is 80.2 Å². The predicted molar refractivity (Wildman–Crippen MR) is 101 cm³/mol. The monoisotopic (exact) mass is 367 g/mol. The van der Waals surface area contributed by atoms with Crippen LogP contribution in [0.25, 0.3) is 0 Å². The van der Waals surface area contributed by atoms with Crippen LogP contribution in [0.3, 0.4) is 0 Å². The molecule has 0 spiro atoms. The molecule has 0 aliphatic carbocycles. The molecule has 0 saturated carbocycles. The van der Waals surface area contributed by atoms with Gasteiger partial charge in [0.05, 0.1) is 12.2 Å². The lowest BCUT2D eigenvalue weighted by atomic mass is 9.95. The fourth-order valence-electron chi connectivity index (χ4n) is 3.94. The number of nitrogens with one attached hydrogen (secondary N) is 1. The largest absolute Gasteiger partial charge is 0.381 e.